The number of nitrogens with zero attached hydrogens (tertiary/aromatic N) is 1. The van der Waals surface area contributed by atoms with Gasteiger partial charge in [0.2, 0.25) is 0 Å². The van der Waals surface area contributed by atoms with Crippen LogP contribution in [0.2, 0.25) is 0 Å². The Morgan fingerprint density at radius 3 is 2.67 bits per heavy atom. The number of hydrogen-bond acceptors (Lipinski definition) is 6. The van der Waals surface area contributed by atoms with Crippen molar-refractivity contribution in [2.75, 3.05) is 6.61 Å². The van der Waals surface area contributed by atoms with Crippen LogP contribution in [0.25, 0.3) is 21.9 Å². The van der Waals surface area contributed by atoms with Gasteiger partial charge in [-0.15, -0.1) is 0 Å². The molecule has 0 unspecified atom stereocenters. The lowest BCUT2D eigenvalue weighted by molar-refractivity contribution is 0.310. The first-order valence-electron chi connectivity index (χ1n) is 9.90. The molecule has 156 valence electrons. The van der Waals surface area contributed by atoms with Crippen molar-refractivity contribution in [1.29, 1.82) is 0 Å². The average Bonchev–Trinajstić information content (AvgIpc) is 3.18. The fraction of sp³-hybridized carbons (Fsp3) is 0.318. The number of aromatic amines is 1. The quantitative estimate of drug-likeness (QED) is 0.353. The van der Waals surface area contributed by atoms with E-state index < -0.39 is 5.63 Å². The first-order chi connectivity index (χ1) is 14.5. The molecule has 1 aromatic carbocycles. The van der Waals surface area contributed by atoms with Crippen molar-refractivity contribution < 1.29 is 13.6 Å². The molecule has 0 fully saturated rings. The maximum atomic E-state index is 11.8. The zero-order valence-corrected chi connectivity index (χ0v) is 16.6. The van der Waals surface area contributed by atoms with Gasteiger partial charge in [0.05, 0.1) is 23.6 Å². The van der Waals surface area contributed by atoms with Crippen molar-refractivity contribution in [3.63, 3.8) is 0 Å². The summed E-state index contributed by atoms with van der Waals surface area (Å²) in [6.45, 7) is 2.76. The van der Waals surface area contributed by atoms with E-state index in [-0.39, 0.29) is 11.2 Å². The van der Waals surface area contributed by atoms with Gasteiger partial charge < -0.3 is 18.1 Å². The number of rotatable bonds is 8. The summed E-state index contributed by atoms with van der Waals surface area (Å²) in [6.07, 6.45) is 6.71. The fourth-order valence-corrected chi connectivity index (χ4v) is 3.46. The number of nitrogens with one attached hydrogen (secondary N) is 1. The Bertz CT molecular complexity index is 1360. The van der Waals surface area contributed by atoms with Crippen molar-refractivity contribution in [3.05, 3.63) is 73.5 Å². The van der Waals surface area contributed by atoms with Crippen molar-refractivity contribution in [2.45, 2.75) is 39.2 Å². The molecule has 0 radical (unpaired) electrons. The van der Waals surface area contributed by atoms with Gasteiger partial charge in [0.25, 0.3) is 5.56 Å². The summed E-state index contributed by atoms with van der Waals surface area (Å²) < 4.78 is 18.3. The van der Waals surface area contributed by atoms with Crippen LogP contribution in [0.3, 0.4) is 0 Å². The fourth-order valence-electron chi connectivity index (χ4n) is 3.46. The van der Waals surface area contributed by atoms with Crippen molar-refractivity contribution in [3.8, 4) is 5.75 Å². The van der Waals surface area contributed by atoms with Crippen LogP contribution in [0, 0.1) is 6.92 Å². The zero-order valence-electron chi connectivity index (χ0n) is 16.6. The first kappa shape index (κ1) is 19.8. The Hall–Kier alpha value is -3.55. The Labute approximate surface area is 170 Å². The minimum absolute atomic E-state index is 0.340. The van der Waals surface area contributed by atoms with Crippen LogP contribution in [0.5, 0.6) is 5.75 Å². The van der Waals surface area contributed by atoms with Gasteiger partial charge in [-0.2, -0.15) is 0 Å². The number of ether oxygens (including phenoxy) is 1. The summed E-state index contributed by atoms with van der Waals surface area (Å²) >= 11 is 0. The van der Waals surface area contributed by atoms with Crippen LogP contribution in [-0.2, 0) is 6.54 Å². The molecule has 8 nitrogen and oxygen atoms in total. The van der Waals surface area contributed by atoms with E-state index in [2.05, 4.69) is 4.98 Å². The normalized spacial score (nSPS) is 11.4. The second-order valence-electron chi connectivity index (χ2n) is 7.23. The van der Waals surface area contributed by atoms with E-state index in [1.165, 1.54) is 10.6 Å². The van der Waals surface area contributed by atoms with E-state index in [0.717, 1.165) is 36.5 Å². The SMILES string of the molecule is Cc1cn(CCCCCCOc2c3ccoc3cc3oc(=O)ccc23)c(=O)[nH]c1=O. The molecule has 0 spiro atoms. The molecular formula is C22H22N2O6. The number of benzene rings is 1. The second-order valence-corrected chi connectivity index (χ2v) is 7.23. The Morgan fingerprint density at radius 2 is 1.80 bits per heavy atom. The van der Waals surface area contributed by atoms with Gasteiger partial charge in [-0.3, -0.25) is 9.78 Å². The molecule has 0 saturated heterocycles. The monoisotopic (exact) mass is 410 g/mol. The Balaban J connectivity index is 1.33. The summed E-state index contributed by atoms with van der Waals surface area (Å²) in [5.74, 6) is 0.648. The van der Waals surface area contributed by atoms with E-state index in [4.69, 9.17) is 13.6 Å². The molecule has 0 bridgehead atoms. The van der Waals surface area contributed by atoms with Gasteiger partial charge in [0, 0.05) is 30.4 Å². The highest BCUT2D eigenvalue weighted by Gasteiger charge is 2.13. The average molecular weight is 410 g/mol. The molecular weight excluding hydrogens is 388 g/mol. The van der Waals surface area contributed by atoms with E-state index in [0.29, 0.717) is 35.6 Å². The van der Waals surface area contributed by atoms with Gasteiger partial charge in [0.15, 0.2) is 0 Å². The highest BCUT2D eigenvalue weighted by molar-refractivity contribution is 6.01. The molecule has 0 aliphatic rings. The number of unbranched alkanes of at least 4 members (excludes halogenated alkanes) is 3. The summed E-state index contributed by atoms with van der Waals surface area (Å²) in [5, 5.41) is 1.57. The lowest BCUT2D eigenvalue weighted by Crippen LogP contribution is -2.30. The number of aryl methyl sites for hydroxylation is 2. The number of hydrogen-bond donors (Lipinski definition) is 1. The molecule has 0 saturated carbocycles. The smallest absolute Gasteiger partial charge is 0.336 e. The molecule has 4 rings (SSSR count). The van der Waals surface area contributed by atoms with Crippen LogP contribution in [0.4, 0.5) is 0 Å². The van der Waals surface area contributed by atoms with Gasteiger partial charge in [-0.05, 0) is 31.9 Å². The lowest BCUT2D eigenvalue weighted by Gasteiger charge is -2.10. The van der Waals surface area contributed by atoms with Crippen molar-refractivity contribution in [1.82, 2.24) is 9.55 Å². The van der Waals surface area contributed by atoms with E-state index in [1.807, 2.05) is 6.07 Å². The minimum Gasteiger partial charge on any atom is -0.492 e. The lowest BCUT2D eigenvalue weighted by atomic mass is 10.1. The number of furan rings is 1. The molecule has 0 aliphatic heterocycles. The van der Waals surface area contributed by atoms with E-state index in [1.54, 1.807) is 31.5 Å². The van der Waals surface area contributed by atoms with E-state index in [9.17, 15) is 14.4 Å². The topological polar surface area (TPSA) is 107 Å². The first-order valence-corrected chi connectivity index (χ1v) is 9.90. The molecule has 3 aromatic heterocycles. The summed E-state index contributed by atoms with van der Waals surface area (Å²) in [7, 11) is 0. The summed E-state index contributed by atoms with van der Waals surface area (Å²) in [5.41, 5.74) is 0.430. The largest absolute Gasteiger partial charge is 0.492 e. The highest BCUT2D eigenvalue weighted by atomic mass is 16.5. The van der Waals surface area contributed by atoms with Gasteiger partial charge in [-0.1, -0.05) is 12.8 Å². The van der Waals surface area contributed by atoms with Crippen molar-refractivity contribution in [2.24, 2.45) is 0 Å². The highest BCUT2D eigenvalue weighted by Crippen LogP contribution is 2.35. The number of aromatic nitrogens is 2. The second kappa shape index (κ2) is 8.44. The molecule has 1 N–H and O–H groups in total. The maximum absolute atomic E-state index is 11.8. The predicted molar refractivity (Wildman–Crippen MR) is 112 cm³/mol. The maximum Gasteiger partial charge on any atom is 0.336 e. The number of H-pyrrole nitrogens is 1. The molecule has 30 heavy (non-hydrogen) atoms. The standard InChI is InChI=1S/C22H22N2O6/c1-14-13-24(22(27)23-21(14)26)9-4-2-3-5-10-29-20-15-6-7-19(25)30-18(15)12-17-16(20)8-11-28-17/h6-8,11-13H,2-5,9-10H2,1H3,(H,23,26,27). The molecule has 3 heterocycles. The van der Waals surface area contributed by atoms with Crippen LogP contribution in [0.1, 0.15) is 31.2 Å². The molecule has 0 atom stereocenters. The number of fused-ring (bicyclic) bond motifs is 2. The van der Waals surface area contributed by atoms with Gasteiger partial charge in [0.1, 0.15) is 16.9 Å². The molecule has 0 amide bonds. The Kier molecular flexibility index (Phi) is 5.56. The molecule has 4 aromatic rings. The predicted octanol–water partition coefficient (Wildman–Crippen LogP) is 3.34. The zero-order chi connectivity index (χ0) is 21.1. The molecule has 8 heteroatoms. The molecule has 0 aliphatic carbocycles. The third kappa shape index (κ3) is 4.07. The third-order valence-electron chi connectivity index (χ3n) is 5.04. The van der Waals surface area contributed by atoms with Crippen LogP contribution in [0.15, 0.2) is 59.9 Å². The van der Waals surface area contributed by atoms with Crippen molar-refractivity contribution >= 4 is 21.9 Å². The van der Waals surface area contributed by atoms with Gasteiger partial charge >= 0.3 is 11.3 Å². The Morgan fingerprint density at radius 1 is 1.00 bits per heavy atom. The minimum atomic E-state index is -0.420. The van der Waals surface area contributed by atoms with Crippen LogP contribution < -0.4 is 21.6 Å². The third-order valence-corrected chi connectivity index (χ3v) is 5.04. The summed E-state index contributed by atoms with van der Waals surface area (Å²) in [4.78, 5) is 37.0. The van der Waals surface area contributed by atoms with Crippen LogP contribution in [-0.4, -0.2) is 16.2 Å². The van der Waals surface area contributed by atoms with E-state index >= 15 is 0 Å². The summed E-state index contributed by atoms with van der Waals surface area (Å²) in [6, 6.07) is 6.60. The van der Waals surface area contributed by atoms with Crippen LogP contribution >= 0.6 is 0 Å². The van der Waals surface area contributed by atoms with Gasteiger partial charge in [-0.25, -0.2) is 9.59 Å².